The van der Waals surface area contributed by atoms with Gasteiger partial charge in [0.2, 0.25) is 5.91 Å². The summed E-state index contributed by atoms with van der Waals surface area (Å²) in [5.74, 6) is 0.134. The maximum atomic E-state index is 13.2. The number of esters is 1. The van der Waals surface area contributed by atoms with E-state index in [2.05, 4.69) is 11.8 Å². The lowest BCUT2D eigenvalue weighted by atomic mass is 9.47. The van der Waals surface area contributed by atoms with Crippen LogP contribution >= 0.6 is 0 Å². The van der Waals surface area contributed by atoms with Crippen LogP contribution in [0.2, 0.25) is 0 Å². The van der Waals surface area contributed by atoms with Crippen LogP contribution in [0.4, 0.5) is 0 Å². The maximum absolute atomic E-state index is 13.2. The first-order chi connectivity index (χ1) is 14.8. The highest BCUT2D eigenvalue weighted by molar-refractivity contribution is 5.79. The van der Waals surface area contributed by atoms with Crippen LogP contribution in [0.25, 0.3) is 0 Å². The second-order valence-electron chi connectivity index (χ2n) is 10.4. The number of amides is 1. The van der Waals surface area contributed by atoms with Gasteiger partial charge in [0, 0.05) is 12.5 Å². The first-order valence-corrected chi connectivity index (χ1v) is 11.5. The Morgan fingerprint density at radius 2 is 1.77 bits per heavy atom. The zero-order valence-electron chi connectivity index (χ0n) is 18.2. The third-order valence-corrected chi connectivity index (χ3v) is 8.07. The summed E-state index contributed by atoms with van der Waals surface area (Å²) in [6, 6.07) is 2.30. The molecule has 1 amide bonds. The molecule has 5 saturated carbocycles. The normalized spacial score (nSPS) is 40.9. The number of carboxylic acid groups (broad SMARTS) is 1. The lowest BCUT2D eigenvalue weighted by Crippen LogP contribution is -2.58. The van der Waals surface area contributed by atoms with Gasteiger partial charge in [-0.15, -0.1) is 0 Å². The number of nitriles is 1. The maximum Gasteiger partial charge on any atom is 0.306 e. The lowest BCUT2D eigenvalue weighted by Gasteiger charge is -2.61. The summed E-state index contributed by atoms with van der Waals surface area (Å²) < 4.78 is 5.93. The van der Waals surface area contributed by atoms with Gasteiger partial charge in [0.25, 0.3) is 0 Å². The Morgan fingerprint density at radius 1 is 1.10 bits per heavy atom. The number of carbonyl (C=O) groups is 3. The summed E-state index contributed by atoms with van der Waals surface area (Å²) in [4.78, 5) is 38.2. The van der Waals surface area contributed by atoms with E-state index in [1.165, 1.54) is 7.05 Å². The van der Waals surface area contributed by atoms with E-state index < -0.39 is 17.5 Å². The molecule has 6 aliphatic rings. The number of likely N-dealkylation sites (tertiary alicyclic amines) is 1. The van der Waals surface area contributed by atoms with Crippen LogP contribution in [0.5, 0.6) is 0 Å². The van der Waals surface area contributed by atoms with Crippen LogP contribution in [0.1, 0.15) is 70.6 Å². The summed E-state index contributed by atoms with van der Waals surface area (Å²) in [5, 5.41) is 18.3. The molecule has 0 radical (unpaired) electrons. The molecule has 0 spiro atoms. The van der Waals surface area contributed by atoms with E-state index in [0.717, 1.165) is 44.9 Å². The molecule has 6 fully saturated rings. The summed E-state index contributed by atoms with van der Waals surface area (Å²) >= 11 is 0. The van der Waals surface area contributed by atoms with Gasteiger partial charge < -0.3 is 20.5 Å². The van der Waals surface area contributed by atoms with Crippen LogP contribution in [0, 0.1) is 34.5 Å². The summed E-state index contributed by atoms with van der Waals surface area (Å²) in [6.07, 6.45) is 7.53. The minimum Gasteiger partial charge on any atom is -0.481 e. The van der Waals surface area contributed by atoms with Crippen molar-refractivity contribution in [1.29, 1.82) is 5.26 Å². The molecule has 0 aromatic heterocycles. The topological polar surface area (TPSA) is 134 Å². The second kappa shape index (κ2) is 8.09. The van der Waals surface area contributed by atoms with Crippen LogP contribution in [0.3, 0.4) is 0 Å². The molecule has 3 N–H and O–H groups in total. The van der Waals surface area contributed by atoms with E-state index in [9.17, 15) is 19.6 Å². The van der Waals surface area contributed by atoms with Gasteiger partial charge >= 0.3 is 11.9 Å². The van der Waals surface area contributed by atoms with Crippen LogP contribution < -0.4 is 5.73 Å². The molecule has 1 aliphatic heterocycles. The third-order valence-electron chi connectivity index (χ3n) is 8.07. The number of fused-ring (bicyclic) bond motifs is 1. The van der Waals surface area contributed by atoms with Gasteiger partial charge in [0.05, 0.1) is 18.9 Å². The van der Waals surface area contributed by atoms with Crippen molar-refractivity contribution >= 4 is 17.8 Å². The Hall–Kier alpha value is -2.14. The minimum absolute atomic E-state index is 0.0982. The monoisotopic (exact) mass is 431 g/mol. The molecule has 0 aromatic carbocycles. The first-order valence-electron chi connectivity index (χ1n) is 11.5. The van der Waals surface area contributed by atoms with Gasteiger partial charge in [-0.3, -0.25) is 14.4 Å². The van der Waals surface area contributed by atoms with E-state index >= 15 is 0 Å². The third kappa shape index (κ3) is 4.17. The van der Waals surface area contributed by atoms with E-state index in [1.807, 2.05) is 4.90 Å². The van der Waals surface area contributed by atoms with Crippen molar-refractivity contribution in [3.63, 3.8) is 0 Å². The SMILES string of the molecule is CN.N#CC1CC2CC2N1C(=O)CC12CC3CC(C1)CC(OC(=O)CCC(=O)O)(C3)C2. The van der Waals surface area contributed by atoms with Gasteiger partial charge in [-0.05, 0) is 81.6 Å². The van der Waals surface area contributed by atoms with E-state index in [0.29, 0.717) is 30.6 Å². The molecule has 4 bridgehead atoms. The molecule has 5 aliphatic carbocycles. The van der Waals surface area contributed by atoms with Gasteiger partial charge in [-0.2, -0.15) is 5.26 Å². The summed E-state index contributed by atoms with van der Waals surface area (Å²) in [5.41, 5.74) is 3.84. The summed E-state index contributed by atoms with van der Waals surface area (Å²) in [6.45, 7) is 0. The van der Waals surface area contributed by atoms with Crippen molar-refractivity contribution in [3.8, 4) is 6.07 Å². The molecule has 6 rings (SSSR count). The summed E-state index contributed by atoms with van der Waals surface area (Å²) in [7, 11) is 1.50. The molecule has 1 heterocycles. The van der Waals surface area contributed by atoms with Crippen molar-refractivity contribution in [2.45, 2.75) is 88.3 Å². The highest BCUT2D eigenvalue weighted by Gasteiger charge is 2.61. The van der Waals surface area contributed by atoms with Crippen molar-refractivity contribution in [2.75, 3.05) is 7.05 Å². The van der Waals surface area contributed by atoms with Crippen molar-refractivity contribution in [1.82, 2.24) is 4.90 Å². The Morgan fingerprint density at radius 3 is 2.39 bits per heavy atom. The molecule has 8 heteroatoms. The number of aliphatic carboxylic acids is 1. The molecule has 170 valence electrons. The zero-order chi connectivity index (χ0) is 22.4. The molecule has 8 nitrogen and oxygen atoms in total. The smallest absolute Gasteiger partial charge is 0.306 e. The molecule has 5 atom stereocenters. The fourth-order valence-electron chi connectivity index (χ4n) is 7.54. The fraction of sp³-hybridized carbons (Fsp3) is 0.826. The van der Waals surface area contributed by atoms with Crippen LogP contribution in [0.15, 0.2) is 0 Å². The van der Waals surface area contributed by atoms with Gasteiger partial charge in [-0.25, -0.2) is 0 Å². The number of ether oxygens (including phenoxy) is 1. The lowest BCUT2D eigenvalue weighted by molar-refractivity contribution is -0.203. The highest BCUT2D eigenvalue weighted by atomic mass is 16.6. The number of carboxylic acids is 1. The molecular formula is C23H33N3O5. The highest BCUT2D eigenvalue weighted by Crippen LogP contribution is 2.64. The largest absolute Gasteiger partial charge is 0.481 e. The van der Waals surface area contributed by atoms with E-state index in [1.54, 1.807) is 0 Å². The van der Waals surface area contributed by atoms with Crippen LogP contribution in [-0.4, -0.2) is 52.6 Å². The minimum atomic E-state index is -0.995. The Kier molecular flexibility index (Phi) is 5.76. The Bertz CT molecular complexity index is 792. The Labute approximate surface area is 183 Å². The quantitative estimate of drug-likeness (QED) is 0.616. The molecule has 31 heavy (non-hydrogen) atoms. The number of nitrogens with two attached hydrogens (primary N) is 1. The predicted molar refractivity (Wildman–Crippen MR) is 110 cm³/mol. The van der Waals surface area contributed by atoms with Gasteiger partial charge in [0.1, 0.15) is 11.6 Å². The second-order valence-corrected chi connectivity index (χ2v) is 10.4. The van der Waals surface area contributed by atoms with Gasteiger partial charge in [0.15, 0.2) is 0 Å². The number of carbonyl (C=O) groups excluding carboxylic acids is 2. The number of hydrogen-bond acceptors (Lipinski definition) is 6. The predicted octanol–water partition coefficient (Wildman–Crippen LogP) is 2.21. The first kappa shape index (κ1) is 22.1. The van der Waals surface area contributed by atoms with Crippen LogP contribution in [-0.2, 0) is 19.1 Å². The standard InChI is InChI=1S/C22H28N2O5.CH5N/c23-11-16-4-15-5-17(15)24(16)18(25)10-21-6-13-3-14(7-21)9-22(8-13,12-21)29-20(28)2-1-19(26)27;1-2/h13-17H,1-10,12H2,(H,26,27);2H2,1H3. The average molecular weight is 432 g/mol. The molecule has 0 aromatic rings. The Balaban J connectivity index is 0.00000112. The average Bonchev–Trinajstić information content (AvgIpc) is 3.35. The number of piperidine rings is 1. The van der Waals surface area contributed by atoms with E-state index in [-0.39, 0.29) is 36.2 Å². The molecular weight excluding hydrogens is 398 g/mol. The van der Waals surface area contributed by atoms with Crippen molar-refractivity contribution in [3.05, 3.63) is 0 Å². The van der Waals surface area contributed by atoms with Crippen molar-refractivity contribution in [2.24, 2.45) is 28.9 Å². The fourth-order valence-corrected chi connectivity index (χ4v) is 7.54. The number of nitrogens with zero attached hydrogens (tertiary/aromatic N) is 2. The number of rotatable bonds is 6. The molecule has 1 saturated heterocycles. The molecule has 5 unspecified atom stereocenters. The zero-order valence-corrected chi connectivity index (χ0v) is 18.2. The van der Waals surface area contributed by atoms with Gasteiger partial charge in [-0.1, -0.05) is 0 Å². The van der Waals surface area contributed by atoms with Crippen molar-refractivity contribution < 1.29 is 24.2 Å². The van der Waals surface area contributed by atoms with E-state index in [4.69, 9.17) is 9.84 Å². The number of hydrogen-bond donors (Lipinski definition) is 2.